The molecule has 42 heavy (non-hydrogen) atoms. The van der Waals surface area contributed by atoms with Gasteiger partial charge in [0.15, 0.2) is 5.82 Å². The molecule has 0 aliphatic heterocycles. The lowest BCUT2D eigenvalue weighted by atomic mass is 10.1. The predicted octanol–water partition coefficient (Wildman–Crippen LogP) is 3.92. The second kappa shape index (κ2) is 11.8. The number of fused-ring (bicyclic) bond motifs is 1. The zero-order chi connectivity index (χ0) is 30.0. The Balaban J connectivity index is 1.55. The summed E-state index contributed by atoms with van der Waals surface area (Å²) in [5.74, 6) is -1.31. The van der Waals surface area contributed by atoms with E-state index in [1.807, 2.05) is 48.0 Å². The first-order chi connectivity index (χ1) is 20.1. The normalized spacial score (nSPS) is 11.9. The highest BCUT2D eigenvalue weighted by Crippen LogP contribution is 2.26. The van der Waals surface area contributed by atoms with Crippen molar-refractivity contribution in [2.45, 2.75) is 32.9 Å². The van der Waals surface area contributed by atoms with Crippen LogP contribution >= 0.6 is 0 Å². The van der Waals surface area contributed by atoms with E-state index in [4.69, 9.17) is 5.73 Å². The van der Waals surface area contributed by atoms with E-state index in [0.717, 1.165) is 33.3 Å². The molecule has 0 aliphatic rings. The number of nitrogens with zero attached hydrogens (tertiary/aromatic N) is 3. The summed E-state index contributed by atoms with van der Waals surface area (Å²) < 4.78 is 17.5. The number of likely N-dealkylation sites (N-methyl/N-ethyl adjacent to an activating group) is 1. The molecule has 0 saturated heterocycles. The van der Waals surface area contributed by atoms with Crippen molar-refractivity contribution in [3.05, 3.63) is 123 Å². The number of anilines is 1. The summed E-state index contributed by atoms with van der Waals surface area (Å²) in [6.45, 7) is 3.81. The highest BCUT2D eigenvalue weighted by molar-refractivity contribution is 5.94. The molecule has 3 aromatic carbocycles. The number of hydrogen-bond donors (Lipinski definition) is 3. The number of benzene rings is 3. The van der Waals surface area contributed by atoms with E-state index >= 15 is 0 Å². The van der Waals surface area contributed by atoms with Crippen LogP contribution in [0.5, 0.6) is 0 Å². The van der Waals surface area contributed by atoms with Crippen LogP contribution in [0.3, 0.4) is 0 Å². The molecule has 0 aliphatic carbocycles. The Bertz CT molecular complexity index is 1880. The first-order valence-corrected chi connectivity index (χ1v) is 13.5. The molecule has 2 amide bonds. The van der Waals surface area contributed by atoms with Crippen molar-refractivity contribution in [1.29, 1.82) is 0 Å². The molecule has 2 heterocycles. The summed E-state index contributed by atoms with van der Waals surface area (Å²) in [6, 6.07) is 18.8. The lowest BCUT2D eigenvalue weighted by molar-refractivity contribution is -0.117. The first kappa shape index (κ1) is 28.4. The third-order valence-electron chi connectivity index (χ3n) is 7.30. The van der Waals surface area contributed by atoms with E-state index in [9.17, 15) is 18.8 Å². The highest BCUT2D eigenvalue weighted by Gasteiger charge is 2.18. The highest BCUT2D eigenvalue weighted by atomic mass is 19.1. The van der Waals surface area contributed by atoms with Crippen LogP contribution in [0.15, 0.2) is 83.9 Å². The van der Waals surface area contributed by atoms with E-state index in [2.05, 4.69) is 15.6 Å². The van der Waals surface area contributed by atoms with Crippen molar-refractivity contribution in [2.24, 2.45) is 5.73 Å². The van der Waals surface area contributed by atoms with Gasteiger partial charge in [0.25, 0.3) is 5.56 Å². The minimum Gasteiger partial charge on any atom is -0.366 e. The van der Waals surface area contributed by atoms with Gasteiger partial charge in [-0.2, -0.15) is 0 Å². The van der Waals surface area contributed by atoms with Gasteiger partial charge in [0.05, 0.1) is 18.1 Å². The van der Waals surface area contributed by atoms with E-state index in [1.165, 1.54) is 12.1 Å². The average Bonchev–Trinajstić information content (AvgIpc) is 3.31. The Kier molecular flexibility index (Phi) is 7.99. The Morgan fingerprint density at radius 3 is 2.57 bits per heavy atom. The summed E-state index contributed by atoms with van der Waals surface area (Å²) in [5, 5.41) is 6.29. The molecule has 5 rings (SSSR count). The second-order valence-electron chi connectivity index (χ2n) is 10.2. The zero-order valence-corrected chi connectivity index (χ0v) is 23.5. The molecule has 0 radical (unpaired) electrons. The monoisotopic (exact) mass is 566 g/mol. The van der Waals surface area contributed by atoms with Gasteiger partial charge in [0, 0.05) is 41.1 Å². The van der Waals surface area contributed by atoms with Gasteiger partial charge in [0.2, 0.25) is 11.8 Å². The third kappa shape index (κ3) is 5.84. The maximum Gasteiger partial charge on any atom is 0.294 e. The van der Waals surface area contributed by atoms with Crippen LogP contribution in [0.1, 0.15) is 39.7 Å². The Morgan fingerprint density at radius 1 is 1.05 bits per heavy atom. The van der Waals surface area contributed by atoms with Crippen LogP contribution in [-0.4, -0.2) is 39.0 Å². The molecule has 0 saturated carbocycles. The fourth-order valence-corrected chi connectivity index (χ4v) is 4.89. The minimum absolute atomic E-state index is 0.0815. The number of amides is 2. The molecule has 0 fully saturated rings. The number of nitrogens with one attached hydrogen (secondary N) is 2. The largest absolute Gasteiger partial charge is 0.366 e. The average molecular weight is 567 g/mol. The summed E-state index contributed by atoms with van der Waals surface area (Å²) in [6.07, 6.45) is 3.81. The predicted molar refractivity (Wildman–Crippen MR) is 160 cm³/mol. The van der Waals surface area contributed by atoms with Crippen molar-refractivity contribution >= 4 is 28.5 Å². The first-order valence-electron chi connectivity index (χ1n) is 13.5. The molecule has 1 atom stereocenters. The van der Waals surface area contributed by atoms with Crippen LogP contribution in [0.2, 0.25) is 0 Å². The Labute approximate surface area is 241 Å². The van der Waals surface area contributed by atoms with Gasteiger partial charge in [-0.25, -0.2) is 9.37 Å². The summed E-state index contributed by atoms with van der Waals surface area (Å²) in [7, 11) is 1.65. The molecule has 1 unspecified atom stereocenters. The molecule has 214 valence electrons. The molecule has 4 N–H and O–H groups in total. The van der Waals surface area contributed by atoms with Crippen LogP contribution < -0.4 is 21.9 Å². The Morgan fingerprint density at radius 2 is 1.81 bits per heavy atom. The van der Waals surface area contributed by atoms with Gasteiger partial charge in [0.1, 0.15) is 5.82 Å². The number of hydrogen-bond acceptors (Lipinski definition) is 5. The van der Waals surface area contributed by atoms with Crippen LogP contribution in [0.25, 0.3) is 16.6 Å². The van der Waals surface area contributed by atoms with Crippen molar-refractivity contribution in [2.75, 3.05) is 12.4 Å². The number of aryl methyl sites for hydroxylation is 1. The van der Waals surface area contributed by atoms with Crippen molar-refractivity contribution in [3.63, 3.8) is 0 Å². The quantitative estimate of drug-likeness (QED) is 0.250. The summed E-state index contributed by atoms with van der Waals surface area (Å²) in [5.41, 5.74) is 10.2. The van der Waals surface area contributed by atoms with Gasteiger partial charge >= 0.3 is 0 Å². The van der Waals surface area contributed by atoms with Crippen LogP contribution in [0, 0.1) is 12.7 Å². The Hall–Kier alpha value is -5.09. The minimum atomic E-state index is -0.545. The number of primary amides is 1. The number of aromatic nitrogens is 3. The van der Waals surface area contributed by atoms with Crippen LogP contribution in [-0.2, 0) is 17.8 Å². The van der Waals surface area contributed by atoms with Crippen molar-refractivity contribution < 1.29 is 14.0 Å². The van der Waals surface area contributed by atoms with Gasteiger partial charge in [-0.15, -0.1) is 0 Å². The molecule has 0 bridgehead atoms. The van der Waals surface area contributed by atoms with Gasteiger partial charge in [-0.3, -0.25) is 14.4 Å². The molecule has 5 aromatic rings. The molecule has 9 nitrogen and oxygen atoms in total. The van der Waals surface area contributed by atoms with Crippen molar-refractivity contribution in [3.8, 4) is 5.69 Å². The standard InChI is InChI=1S/C32H31FN6O3/c1-19-17-38(28-11-10-24(33)15-27(19)28)25-9-5-7-22(14-25)18-39-26(13-21-6-4-8-23(12-21)29(34)40)16-36-30(32(39)42)37-31(41)20(2)35-3/h4-12,14-17,20,35H,13,18H2,1-3H3,(H2,34,40)(H,36,37,41). The smallest absolute Gasteiger partial charge is 0.294 e. The van der Waals surface area contributed by atoms with Gasteiger partial charge in [-0.1, -0.05) is 24.3 Å². The second-order valence-corrected chi connectivity index (χ2v) is 10.2. The fourth-order valence-electron chi connectivity index (χ4n) is 4.89. The van der Waals surface area contributed by atoms with Crippen molar-refractivity contribution in [1.82, 2.24) is 19.4 Å². The topological polar surface area (TPSA) is 124 Å². The molecular weight excluding hydrogens is 535 g/mol. The number of halogens is 1. The molecular formula is C32H31FN6O3. The molecule has 0 spiro atoms. The number of rotatable bonds is 9. The molecule has 2 aromatic heterocycles. The number of carbonyl (C=O) groups excluding carboxylic acids is 2. The lowest BCUT2D eigenvalue weighted by Crippen LogP contribution is -2.38. The lowest BCUT2D eigenvalue weighted by Gasteiger charge is -2.17. The number of nitrogens with two attached hydrogens (primary N) is 1. The number of carbonyl (C=O) groups is 2. The van der Waals surface area contributed by atoms with Gasteiger partial charge < -0.3 is 25.5 Å². The van der Waals surface area contributed by atoms with E-state index in [0.29, 0.717) is 17.7 Å². The van der Waals surface area contributed by atoms with E-state index < -0.39 is 17.5 Å². The maximum atomic E-state index is 13.9. The summed E-state index contributed by atoms with van der Waals surface area (Å²) >= 11 is 0. The van der Waals surface area contributed by atoms with Gasteiger partial charge in [-0.05, 0) is 80.1 Å². The van der Waals surface area contributed by atoms with E-state index in [-0.39, 0.29) is 24.1 Å². The summed E-state index contributed by atoms with van der Waals surface area (Å²) in [4.78, 5) is 42.3. The molecule has 10 heteroatoms. The zero-order valence-electron chi connectivity index (χ0n) is 23.5. The maximum absolute atomic E-state index is 13.9. The van der Waals surface area contributed by atoms with Crippen LogP contribution in [0.4, 0.5) is 10.2 Å². The fraction of sp³-hybridized carbons (Fsp3) is 0.188. The van der Waals surface area contributed by atoms with E-state index in [1.54, 1.807) is 49.0 Å². The third-order valence-corrected chi connectivity index (χ3v) is 7.30. The SMILES string of the molecule is CNC(C)C(=O)Nc1ncc(Cc2cccc(C(N)=O)c2)n(Cc2cccc(-n3cc(C)c4cc(F)ccc43)c2)c1=O.